The molecule has 1 amide bonds. The van der Waals surface area contributed by atoms with E-state index in [-0.39, 0.29) is 11.5 Å². The Bertz CT molecular complexity index is 558. The fraction of sp³-hybridized carbons (Fsp3) is 0.500. The molecule has 2 heterocycles. The largest absolute Gasteiger partial charge is 0.441 e. The molecule has 2 rings (SSSR count). The van der Waals surface area contributed by atoms with Crippen LogP contribution in [-0.4, -0.2) is 38.0 Å². The number of likely N-dealkylation sites (N-methyl/N-ethyl adjacent to an activating group) is 1. The smallest absolute Gasteiger partial charge is 0.264 e. The minimum atomic E-state index is -0.315. The van der Waals surface area contributed by atoms with Gasteiger partial charge in [0.15, 0.2) is 5.88 Å². The second kappa shape index (κ2) is 6.98. The third kappa shape index (κ3) is 3.88. The quantitative estimate of drug-likeness (QED) is 0.633. The van der Waals surface area contributed by atoms with Crippen LogP contribution in [0.3, 0.4) is 0 Å². The topological polar surface area (TPSA) is 60.5 Å². The van der Waals surface area contributed by atoms with Gasteiger partial charge in [0.2, 0.25) is 0 Å². The number of carbonyl (C=O) groups is 1. The highest BCUT2D eigenvalue weighted by Gasteiger charge is 2.15. The number of hydrogen-bond donors (Lipinski definition) is 0. The molecule has 0 saturated carbocycles. The first kappa shape index (κ1) is 15.2. The molecule has 0 unspecified atom stereocenters. The molecule has 1 aromatic rings. The van der Waals surface area contributed by atoms with Crippen LogP contribution in [0, 0.1) is 11.3 Å². The van der Waals surface area contributed by atoms with Crippen molar-refractivity contribution in [1.29, 1.82) is 5.26 Å². The number of nitriles is 1. The van der Waals surface area contributed by atoms with Crippen molar-refractivity contribution in [3.05, 3.63) is 23.5 Å². The number of carbonyl (C=O) groups excluding carboxylic acids is 1. The van der Waals surface area contributed by atoms with Gasteiger partial charge in [-0.15, -0.1) is 0 Å². The number of anilines is 1. The molecule has 0 aromatic carbocycles. The van der Waals surface area contributed by atoms with E-state index in [4.69, 9.17) is 9.68 Å². The molecule has 0 aliphatic carbocycles. The maximum atomic E-state index is 11.8. The summed E-state index contributed by atoms with van der Waals surface area (Å²) in [4.78, 5) is 15.4. The second-order valence-corrected chi connectivity index (χ2v) is 5.45. The van der Waals surface area contributed by atoms with Gasteiger partial charge in [0.1, 0.15) is 17.4 Å². The lowest BCUT2D eigenvalue weighted by Gasteiger charge is -2.18. The molecule has 5 nitrogen and oxygen atoms in total. The summed E-state index contributed by atoms with van der Waals surface area (Å²) in [6.45, 7) is 2.00. The first-order chi connectivity index (χ1) is 10.1. The van der Waals surface area contributed by atoms with E-state index in [0.29, 0.717) is 5.76 Å². The summed E-state index contributed by atoms with van der Waals surface area (Å²) >= 11 is 0. The molecule has 0 atom stereocenters. The zero-order valence-corrected chi connectivity index (χ0v) is 12.6. The van der Waals surface area contributed by atoms with Crippen LogP contribution in [-0.2, 0) is 4.79 Å². The van der Waals surface area contributed by atoms with Gasteiger partial charge in [-0.25, -0.2) is 0 Å². The lowest BCUT2D eigenvalue weighted by Crippen LogP contribution is -2.23. The van der Waals surface area contributed by atoms with Gasteiger partial charge in [0.25, 0.3) is 5.91 Å². The Labute approximate surface area is 125 Å². The van der Waals surface area contributed by atoms with Crippen molar-refractivity contribution in [3.8, 4) is 6.07 Å². The van der Waals surface area contributed by atoms with Crippen molar-refractivity contribution in [2.75, 3.05) is 32.1 Å². The van der Waals surface area contributed by atoms with E-state index in [0.717, 1.165) is 19.0 Å². The van der Waals surface area contributed by atoms with Crippen LogP contribution >= 0.6 is 0 Å². The molecule has 0 spiro atoms. The van der Waals surface area contributed by atoms with Crippen LogP contribution < -0.4 is 4.90 Å². The molecule has 1 aromatic heterocycles. The molecule has 21 heavy (non-hydrogen) atoms. The van der Waals surface area contributed by atoms with E-state index in [9.17, 15) is 4.79 Å². The monoisotopic (exact) mass is 287 g/mol. The zero-order chi connectivity index (χ0) is 15.2. The highest BCUT2D eigenvalue weighted by Crippen LogP contribution is 2.23. The molecule has 1 saturated heterocycles. The Hall–Kier alpha value is -2.22. The van der Waals surface area contributed by atoms with Gasteiger partial charge in [0, 0.05) is 39.3 Å². The average Bonchev–Trinajstić information content (AvgIpc) is 2.77. The second-order valence-electron chi connectivity index (χ2n) is 5.45. The Balaban J connectivity index is 2.15. The number of rotatable bonds is 3. The number of hydrogen-bond acceptors (Lipinski definition) is 4. The summed E-state index contributed by atoms with van der Waals surface area (Å²) in [5.74, 6) is 1.05. The maximum Gasteiger partial charge on any atom is 0.264 e. The standard InChI is InChI=1S/C16H21N3O2/c1-18(2)16(20)13(12-17)11-14-7-8-15(21-14)19-9-5-3-4-6-10-19/h7-8,11H,3-6,9-10H2,1-2H3/b13-11+. The SMILES string of the molecule is CN(C)C(=O)/C(C#N)=C/c1ccc(N2CCCCCC2)o1. The van der Waals surface area contributed by atoms with E-state index in [1.54, 1.807) is 20.2 Å². The molecule has 0 bridgehead atoms. The Morgan fingerprint density at radius 3 is 2.52 bits per heavy atom. The first-order valence-corrected chi connectivity index (χ1v) is 7.30. The summed E-state index contributed by atoms with van der Waals surface area (Å²) in [6.07, 6.45) is 6.38. The third-order valence-corrected chi connectivity index (χ3v) is 3.57. The number of amides is 1. The van der Waals surface area contributed by atoms with E-state index in [1.807, 2.05) is 12.1 Å². The Morgan fingerprint density at radius 2 is 1.95 bits per heavy atom. The molecule has 1 fully saturated rings. The minimum absolute atomic E-state index is 0.0803. The van der Waals surface area contributed by atoms with Gasteiger partial charge in [-0.1, -0.05) is 12.8 Å². The molecule has 1 aliphatic heterocycles. The van der Waals surface area contributed by atoms with Gasteiger partial charge in [0.05, 0.1) is 0 Å². The molecule has 0 radical (unpaired) electrons. The summed E-state index contributed by atoms with van der Waals surface area (Å²) in [6, 6.07) is 5.64. The van der Waals surface area contributed by atoms with Gasteiger partial charge in [-0.2, -0.15) is 5.26 Å². The van der Waals surface area contributed by atoms with Gasteiger partial charge in [-0.3, -0.25) is 4.79 Å². The average molecular weight is 287 g/mol. The maximum absolute atomic E-state index is 11.8. The normalized spacial score (nSPS) is 16.2. The summed E-state index contributed by atoms with van der Waals surface area (Å²) in [7, 11) is 3.25. The van der Waals surface area contributed by atoms with Crippen molar-refractivity contribution < 1.29 is 9.21 Å². The number of furan rings is 1. The predicted octanol–water partition coefficient (Wildman–Crippen LogP) is 2.66. The van der Waals surface area contributed by atoms with Crippen LogP contribution in [0.5, 0.6) is 0 Å². The Morgan fingerprint density at radius 1 is 1.29 bits per heavy atom. The van der Waals surface area contributed by atoms with Crippen molar-refractivity contribution >= 4 is 17.9 Å². The summed E-state index contributed by atoms with van der Waals surface area (Å²) < 4.78 is 5.77. The summed E-state index contributed by atoms with van der Waals surface area (Å²) in [5, 5.41) is 9.08. The highest BCUT2D eigenvalue weighted by atomic mass is 16.4. The van der Waals surface area contributed by atoms with Crippen molar-refractivity contribution in [2.45, 2.75) is 25.7 Å². The highest BCUT2D eigenvalue weighted by molar-refractivity contribution is 6.01. The predicted molar refractivity (Wildman–Crippen MR) is 81.7 cm³/mol. The van der Waals surface area contributed by atoms with Crippen molar-refractivity contribution in [1.82, 2.24) is 4.90 Å². The lowest BCUT2D eigenvalue weighted by atomic mass is 10.2. The van der Waals surface area contributed by atoms with Gasteiger partial charge < -0.3 is 14.2 Å². The Kier molecular flexibility index (Phi) is 5.04. The van der Waals surface area contributed by atoms with Crippen molar-refractivity contribution in [3.63, 3.8) is 0 Å². The zero-order valence-electron chi connectivity index (χ0n) is 12.6. The molecule has 1 aliphatic rings. The van der Waals surface area contributed by atoms with Gasteiger partial charge >= 0.3 is 0 Å². The van der Waals surface area contributed by atoms with E-state index in [1.165, 1.54) is 36.7 Å². The van der Waals surface area contributed by atoms with Crippen LogP contribution in [0.4, 0.5) is 5.88 Å². The van der Waals surface area contributed by atoms with E-state index in [2.05, 4.69) is 4.90 Å². The van der Waals surface area contributed by atoms with Crippen LogP contribution in [0.25, 0.3) is 6.08 Å². The fourth-order valence-electron chi connectivity index (χ4n) is 2.41. The number of nitrogens with zero attached hydrogens (tertiary/aromatic N) is 3. The molecular weight excluding hydrogens is 266 g/mol. The lowest BCUT2D eigenvalue weighted by molar-refractivity contribution is -0.124. The van der Waals surface area contributed by atoms with Crippen LogP contribution in [0.15, 0.2) is 22.1 Å². The fourth-order valence-corrected chi connectivity index (χ4v) is 2.41. The minimum Gasteiger partial charge on any atom is -0.441 e. The van der Waals surface area contributed by atoms with E-state index >= 15 is 0 Å². The van der Waals surface area contributed by atoms with Crippen LogP contribution in [0.2, 0.25) is 0 Å². The first-order valence-electron chi connectivity index (χ1n) is 7.30. The molecule has 0 N–H and O–H groups in total. The summed E-state index contributed by atoms with van der Waals surface area (Å²) in [5.41, 5.74) is 0.0803. The molecule has 112 valence electrons. The molecular formula is C16H21N3O2. The third-order valence-electron chi connectivity index (χ3n) is 3.57. The van der Waals surface area contributed by atoms with Crippen molar-refractivity contribution in [2.24, 2.45) is 0 Å². The van der Waals surface area contributed by atoms with E-state index < -0.39 is 0 Å². The van der Waals surface area contributed by atoms with Gasteiger partial charge in [-0.05, 0) is 18.9 Å². The van der Waals surface area contributed by atoms with Crippen LogP contribution in [0.1, 0.15) is 31.4 Å². The molecule has 5 heteroatoms.